The molecule has 0 bridgehead atoms. The Kier molecular flexibility index (Phi) is 5.90. The topological polar surface area (TPSA) is 47.7 Å². The van der Waals surface area contributed by atoms with Crippen molar-refractivity contribution in [2.45, 2.75) is 31.6 Å². The lowest BCUT2D eigenvalue weighted by atomic mass is 9.99. The van der Waals surface area contributed by atoms with E-state index in [-0.39, 0.29) is 17.9 Å². The van der Waals surface area contributed by atoms with Gasteiger partial charge in [0.2, 0.25) is 0 Å². The smallest absolute Gasteiger partial charge is 0.387 e. The summed E-state index contributed by atoms with van der Waals surface area (Å²) >= 11 is 0. The molecule has 2 unspecified atom stereocenters. The molecule has 1 fully saturated rings. The minimum Gasteiger partial charge on any atom is -0.434 e. The number of nitrogens with two attached hydrogens (primary N) is 1. The van der Waals surface area contributed by atoms with E-state index in [4.69, 9.17) is 10.5 Å². The predicted octanol–water partition coefficient (Wildman–Crippen LogP) is 2.40. The molecule has 0 radical (unpaired) electrons. The lowest BCUT2D eigenvalue weighted by Gasteiger charge is -2.37. The second-order valence-corrected chi connectivity index (χ2v) is 5.16. The largest absolute Gasteiger partial charge is 0.434 e. The summed E-state index contributed by atoms with van der Waals surface area (Å²) in [5.74, 6) is 0.197. The summed E-state index contributed by atoms with van der Waals surface area (Å²) in [5.41, 5.74) is 6.60. The van der Waals surface area contributed by atoms with E-state index in [0.29, 0.717) is 12.1 Å². The number of alkyl halides is 2. The molecule has 1 aromatic rings. The van der Waals surface area contributed by atoms with Gasteiger partial charge in [0, 0.05) is 25.8 Å². The van der Waals surface area contributed by atoms with Crippen molar-refractivity contribution in [2.24, 2.45) is 5.73 Å². The van der Waals surface area contributed by atoms with Gasteiger partial charge in [-0.05, 0) is 25.5 Å². The average molecular weight is 300 g/mol. The molecule has 1 aliphatic rings. The third kappa shape index (κ3) is 4.12. The minimum absolute atomic E-state index is 0.141. The van der Waals surface area contributed by atoms with Gasteiger partial charge < -0.3 is 15.2 Å². The summed E-state index contributed by atoms with van der Waals surface area (Å²) in [6, 6.07) is 6.71. The van der Waals surface area contributed by atoms with Crippen molar-refractivity contribution in [1.29, 1.82) is 0 Å². The van der Waals surface area contributed by atoms with Crippen LogP contribution in [0.25, 0.3) is 0 Å². The maximum Gasteiger partial charge on any atom is 0.387 e. The summed E-state index contributed by atoms with van der Waals surface area (Å²) < 4.78 is 35.1. The number of nitrogens with zero attached hydrogens (tertiary/aromatic N) is 1. The van der Waals surface area contributed by atoms with E-state index in [1.807, 2.05) is 6.07 Å². The fourth-order valence-electron chi connectivity index (χ4n) is 2.87. The van der Waals surface area contributed by atoms with Gasteiger partial charge in [0.15, 0.2) is 0 Å². The summed E-state index contributed by atoms with van der Waals surface area (Å²) in [4.78, 5) is 2.19. The second-order valence-electron chi connectivity index (χ2n) is 5.16. The lowest BCUT2D eigenvalue weighted by molar-refractivity contribution is -0.0517. The maximum atomic E-state index is 12.5. The van der Waals surface area contributed by atoms with Crippen LogP contribution >= 0.6 is 0 Å². The van der Waals surface area contributed by atoms with Crippen LogP contribution in [-0.4, -0.2) is 44.4 Å². The number of piperidine rings is 1. The maximum absolute atomic E-state index is 12.5. The van der Waals surface area contributed by atoms with Crippen molar-refractivity contribution < 1.29 is 18.3 Å². The van der Waals surface area contributed by atoms with Gasteiger partial charge in [-0.15, -0.1) is 0 Å². The van der Waals surface area contributed by atoms with Crippen LogP contribution < -0.4 is 10.5 Å². The van der Waals surface area contributed by atoms with Crippen LogP contribution in [0.2, 0.25) is 0 Å². The van der Waals surface area contributed by atoms with Gasteiger partial charge in [0.1, 0.15) is 5.75 Å². The monoisotopic (exact) mass is 300 g/mol. The van der Waals surface area contributed by atoms with Crippen LogP contribution in [0.1, 0.15) is 24.4 Å². The highest BCUT2D eigenvalue weighted by atomic mass is 19.3. The van der Waals surface area contributed by atoms with E-state index in [2.05, 4.69) is 9.64 Å². The molecular weight excluding hydrogens is 278 g/mol. The van der Waals surface area contributed by atoms with Gasteiger partial charge in [-0.2, -0.15) is 8.78 Å². The Labute approximate surface area is 123 Å². The van der Waals surface area contributed by atoms with Crippen LogP contribution in [0.4, 0.5) is 8.78 Å². The van der Waals surface area contributed by atoms with Gasteiger partial charge >= 0.3 is 6.61 Å². The Morgan fingerprint density at radius 1 is 1.38 bits per heavy atom. The predicted molar refractivity (Wildman–Crippen MR) is 76.5 cm³/mol. The highest BCUT2D eigenvalue weighted by Gasteiger charge is 2.28. The Hall–Kier alpha value is -1.24. The quantitative estimate of drug-likeness (QED) is 0.876. The second kappa shape index (κ2) is 7.68. The Morgan fingerprint density at radius 3 is 2.81 bits per heavy atom. The molecule has 1 heterocycles. The number of ether oxygens (including phenoxy) is 2. The number of para-hydroxylation sites is 1. The van der Waals surface area contributed by atoms with Crippen molar-refractivity contribution >= 4 is 0 Å². The van der Waals surface area contributed by atoms with Crippen LogP contribution in [0.15, 0.2) is 24.3 Å². The first-order chi connectivity index (χ1) is 10.2. The van der Waals surface area contributed by atoms with E-state index >= 15 is 0 Å². The Balaban J connectivity index is 2.20. The van der Waals surface area contributed by atoms with Crippen LogP contribution in [0, 0.1) is 0 Å². The summed E-state index contributed by atoms with van der Waals surface area (Å²) in [6.45, 7) is -0.857. The molecule has 2 rings (SSSR count). The number of methoxy groups -OCH3 is 1. The number of likely N-dealkylation sites (tertiary alicyclic amines) is 1. The molecule has 2 N–H and O–H groups in total. The van der Waals surface area contributed by atoms with Crippen molar-refractivity contribution in [2.75, 3.05) is 26.7 Å². The van der Waals surface area contributed by atoms with Crippen LogP contribution in [-0.2, 0) is 4.74 Å². The normalized spacial score (nSPS) is 21.5. The summed E-state index contributed by atoms with van der Waals surface area (Å²) in [6.07, 6.45) is 2.18. The molecule has 4 nitrogen and oxygen atoms in total. The molecule has 1 aliphatic heterocycles. The summed E-state index contributed by atoms with van der Waals surface area (Å²) in [5, 5.41) is 0. The highest BCUT2D eigenvalue weighted by Crippen LogP contribution is 2.31. The third-order valence-corrected chi connectivity index (χ3v) is 3.90. The average Bonchev–Trinajstić information content (AvgIpc) is 2.49. The summed E-state index contributed by atoms with van der Waals surface area (Å²) in [7, 11) is 1.69. The molecule has 118 valence electrons. The van der Waals surface area contributed by atoms with Gasteiger partial charge in [0.05, 0.1) is 12.1 Å². The van der Waals surface area contributed by atoms with Crippen molar-refractivity contribution in [3.8, 4) is 5.75 Å². The van der Waals surface area contributed by atoms with Crippen LogP contribution in [0.5, 0.6) is 5.75 Å². The number of benzene rings is 1. The molecule has 21 heavy (non-hydrogen) atoms. The molecule has 0 saturated carbocycles. The van der Waals surface area contributed by atoms with E-state index < -0.39 is 6.61 Å². The highest BCUT2D eigenvalue weighted by molar-refractivity contribution is 5.36. The number of hydrogen-bond acceptors (Lipinski definition) is 4. The van der Waals surface area contributed by atoms with Gasteiger partial charge in [-0.1, -0.05) is 18.2 Å². The molecular formula is C15H22F2N2O2. The number of rotatable bonds is 6. The zero-order chi connectivity index (χ0) is 15.2. The molecule has 6 heteroatoms. The minimum atomic E-state index is -2.84. The van der Waals surface area contributed by atoms with Crippen molar-refractivity contribution in [3.63, 3.8) is 0 Å². The lowest BCUT2D eigenvalue weighted by Crippen LogP contribution is -2.43. The Bertz CT molecular complexity index is 445. The van der Waals surface area contributed by atoms with Crippen LogP contribution in [0.3, 0.4) is 0 Å². The molecule has 0 aromatic heterocycles. The van der Waals surface area contributed by atoms with Crippen molar-refractivity contribution in [3.05, 3.63) is 29.8 Å². The number of halogens is 2. The zero-order valence-corrected chi connectivity index (χ0v) is 12.2. The molecule has 1 aromatic carbocycles. The molecule has 0 aliphatic carbocycles. The molecule has 0 amide bonds. The first kappa shape index (κ1) is 16.1. The molecule has 1 saturated heterocycles. The zero-order valence-electron chi connectivity index (χ0n) is 12.2. The SMILES string of the molecule is COC1CCCN(C(CN)c2ccccc2OC(F)F)C1. The molecule has 0 spiro atoms. The standard InChI is InChI=1S/C15H22F2N2O2/c1-20-11-5-4-8-19(10-11)13(9-18)12-6-2-3-7-14(12)21-15(16)17/h2-3,6-7,11,13,15H,4-5,8-10,18H2,1H3. The van der Waals surface area contributed by atoms with Gasteiger partial charge in [-0.25, -0.2) is 0 Å². The Morgan fingerprint density at radius 2 is 2.14 bits per heavy atom. The third-order valence-electron chi connectivity index (χ3n) is 3.90. The van der Waals surface area contributed by atoms with E-state index in [0.717, 1.165) is 25.9 Å². The van der Waals surface area contributed by atoms with Gasteiger partial charge in [-0.3, -0.25) is 4.90 Å². The first-order valence-corrected chi connectivity index (χ1v) is 7.16. The first-order valence-electron chi connectivity index (χ1n) is 7.16. The fourth-order valence-corrected chi connectivity index (χ4v) is 2.87. The molecule has 2 atom stereocenters. The van der Waals surface area contributed by atoms with Gasteiger partial charge in [0.25, 0.3) is 0 Å². The van der Waals surface area contributed by atoms with E-state index in [1.165, 1.54) is 0 Å². The van der Waals surface area contributed by atoms with E-state index in [9.17, 15) is 8.78 Å². The fraction of sp³-hybridized carbons (Fsp3) is 0.600. The van der Waals surface area contributed by atoms with E-state index in [1.54, 1.807) is 25.3 Å². The van der Waals surface area contributed by atoms with Crippen molar-refractivity contribution in [1.82, 2.24) is 4.90 Å². The number of hydrogen-bond donors (Lipinski definition) is 1.